The summed E-state index contributed by atoms with van der Waals surface area (Å²) in [6, 6.07) is 2.95. The van der Waals surface area contributed by atoms with Gasteiger partial charge in [0.1, 0.15) is 6.04 Å². The van der Waals surface area contributed by atoms with E-state index >= 15 is 0 Å². The lowest BCUT2D eigenvalue weighted by molar-refractivity contribution is -0.385. The second-order valence-electron chi connectivity index (χ2n) is 4.57. The maximum absolute atomic E-state index is 12.4. The van der Waals surface area contributed by atoms with Crippen molar-refractivity contribution in [1.29, 1.82) is 0 Å². The molecule has 10 heteroatoms. The molecule has 114 valence electrons. The minimum Gasteiger partial charge on any atom is -0.480 e. The van der Waals surface area contributed by atoms with E-state index in [1.165, 1.54) is 6.07 Å². The Balaban J connectivity index is 2.44. The molecule has 21 heavy (non-hydrogen) atoms. The van der Waals surface area contributed by atoms with Gasteiger partial charge in [0, 0.05) is 25.1 Å². The fourth-order valence-corrected chi connectivity index (χ4v) is 3.84. The summed E-state index contributed by atoms with van der Waals surface area (Å²) in [5.41, 5.74) is -0.414. The quantitative estimate of drug-likeness (QED) is 0.579. The lowest BCUT2D eigenvalue weighted by atomic mass is 10.2. The van der Waals surface area contributed by atoms with Gasteiger partial charge in [0.25, 0.3) is 5.69 Å². The average Bonchev–Trinajstić information content (AvgIpc) is 2.82. The molecule has 0 aromatic heterocycles. The molecule has 1 unspecified atom stereocenters. The summed E-state index contributed by atoms with van der Waals surface area (Å²) < 4.78 is 25.4. The highest BCUT2D eigenvalue weighted by Gasteiger charge is 2.43. The van der Waals surface area contributed by atoms with Gasteiger partial charge in [-0.1, -0.05) is 6.07 Å². The number of sulfonamides is 1. The molecule has 1 aliphatic rings. The Morgan fingerprint density at radius 1 is 1.43 bits per heavy atom. The van der Waals surface area contributed by atoms with Gasteiger partial charge in [-0.05, 0) is 6.07 Å². The second-order valence-corrected chi connectivity index (χ2v) is 6.46. The van der Waals surface area contributed by atoms with Crippen molar-refractivity contribution in [3.05, 3.63) is 34.4 Å². The van der Waals surface area contributed by atoms with Crippen LogP contribution in [0.15, 0.2) is 29.2 Å². The molecule has 0 aliphatic carbocycles. The highest BCUT2D eigenvalue weighted by Crippen LogP contribution is 2.28. The van der Waals surface area contributed by atoms with Crippen molar-refractivity contribution in [1.82, 2.24) is 4.31 Å². The summed E-state index contributed by atoms with van der Waals surface area (Å²) in [6.45, 7) is -0.359. The third kappa shape index (κ3) is 2.86. The zero-order valence-electron chi connectivity index (χ0n) is 10.6. The fraction of sp³-hybridized carbons (Fsp3) is 0.364. The van der Waals surface area contributed by atoms with E-state index in [9.17, 15) is 28.4 Å². The number of benzene rings is 1. The van der Waals surface area contributed by atoms with Gasteiger partial charge in [-0.25, -0.2) is 8.42 Å². The summed E-state index contributed by atoms with van der Waals surface area (Å²) in [5, 5.41) is 29.2. The number of aliphatic hydroxyl groups is 1. The van der Waals surface area contributed by atoms with Crippen LogP contribution < -0.4 is 0 Å². The van der Waals surface area contributed by atoms with E-state index in [1.807, 2.05) is 0 Å². The molecule has 1 aromatic rings. The van der Waals surface area contributed by atoms with Crippen LogP contribution in [-0.2, 0) is 14.8 Å². The van der Waals surface area contributed by atoms with Crippen LogP contribution in [0, 0.1) is 10.1 Å². The number of nitro benzene ring substituents is 1. The molecule has 0 bridgehead atoms. The molecule has 1 fully saturated rings. The van der Waals surface area contributed by atoms with Gasteiger partial charge in [0.05, 0.1) is 15.9 Å². The minimum absolute atomic E-state index is 0.219. The maximum atomic E-state index is 12.4. The van der Waals surface area contributed by atoms with E-state index in [0.717, 1.165) is 18.2 Å². The number of nitro groups is 1. The summed E-state index contributed by atoms with van der Waals surface area (Å²) in [7, 11) is -4.23. The summed E-state index contributed by atoms with van der Waals surface area (Å²) in [6.07, 6.45) is -1.30. The zero-order chi connectivity index (χ0) is 15.8. The van der Waals surface area contributed by atoms with E-state index in [1.54, 1.807) is 0 Å². The Hall–Kier alpha value is -2.04. The number of β-amino-alcohol motifs (C(OH)–C–C–N with tert-alkyl or cyclic N) is 1. The zero-order valence-corrected chi connectivity index (χ0v) is 11.4. The normalized spacial score (nSPS) is 23.1. The second kappa shape index (κ2) is 5.39. The number of non-ortho nitro benzene ring substituents is 1. The number of nitrogens with zero attached hydrogens (tertiary/aromatic N) is 2. The Bertz CT molecular complexity index is 688. The van der Waals surface area contributed by atoms with Gasteiger partial charge in [0.2, 0.25) is 10.0 Å². The highest BCUT2D eigenvalue weighted by molar-refractivity contribution is 7.89. The predicted octanol–water partition coefficient (Wildman–Crippen LogP) is -0.197. The van der Waals surface area contributed by atoms with Crippen LogP contribution in [0.5, 0.6) is 0 Å². The summed E-state index contributed by atoms with van der Waals surface area (Å²) >= 11 is 0. The molecule has 2 N–H and O–H groups in total. The van der Waals surface area contributed by atoms with Crippen LogP contribution in [0.2, 0.25) is 0 Å². The standard InChI is InChI=1S/C11H12N2O7S/c14-8-5-10(11(15)16)12(6-8)21(19,20)9-3-1-2-7(4-9)13(17)18/h1-4,8,10,14H,5-6H2,(H,15,16)/t8?,10-/m0/s1. The van der Waals surface area contributed by atoms with Crippen molar-refractivity contribution < 1.29 is 28.3 Å². The van der Waals surface area contributed by atoms with E-state index in [0.29, 0.717) is 4.31 Å². The topological polar surface area (TPSA) is 138 Å². The molecule has 2 rings (SSSR count). The first kappa shape index (κ1) is 15.4. The highest BCUT2D eigenvalue weighted by atomic mass is 32.2. The lowest BCUT2D eigenvalue weighted by Crippen LogP contribution is -2.40. The van der Waals surface area contributed by atoms with Gasteiger partial charge in [-0.3, -0.25) is 14.9 Å². The van der Waals surface area contributed by atoms with Gasteiger partial charge in [-0.2, -0.15) is 4.31 Å². The molecule has 0 radical (unpaired) electrons. The summed E-state index contributed by atoms with van der Waals surface area (Å²) in [5.74, 6) is -1.37. The van der Waals surface area contributed by atoms with E-state index in [2.05, 4.69) is 0 Å². The molecular formula is C11H12N2O7S. The first-order valence-electron chi connectivity index (χ1n) is 5.90. The minimum atomic E-state index is -4.23. The molecule has 1 aromatic carbocycles. The number of aliphatic hydroxyl groups excluding tert-OH is 1. The van der Waals surface area contributed by atoms with E-state index in [4.69, 9.17) is 5.11 Å². The van der Waals surface area contributed by atoms with Gasteiger partial charge in [0.15, 0.2) is 0 Å². The molecule has 1 heterocycles. The van der Waals surface area contributed by atoms with Crippen molar-refractivity contribution in [2.75, 3.05) is 6.54 Å². The third-order valence-corrected chi connectivity index (χ3v) is 5.02. The van der Waals surface area contributed by atoms with Gasteiger partial charge < -0.3 is 10.2 Å². The predicted molar refractivity (Wildman–Crippen MR) is 69.0 cm³/mol. The molecule has 9 nitrogen and oxygen atoms in total. The van der Waals surface area contributed by atoms with Gasteiger partial charge in [-0.15, -0.1) is 0 Å². The number of hydrogen-bond donors (Lipinski definition) is 2. The average molecular weight is 316 g/mol. The molecule has 0 spiro atoms. The van der Waals surface area contributed by atoms with Crippen molar-refractivity contribution in [2.45, 2.75) is 23.5 Å². The maximum Gasteiger partial charge on any atom is 0.322 e. The Morgan fingerprint density at radius 3 is 2.67 bits per heavy atom. The van der Waals surface area contributed by atoms with Crippen LogP contribution in [-0.4, -0.2) is 52.5 Å². The van der Waals surface area contributed by atoms with E-state index < -0.39 is 38.7 Å². The molecule has 0 amide bonds. The number of rotatable bonds is 4. The molecule has 0 saturated carbocycles. The smallest absolute Gasteiger partial charge is 0.322 e. The molecule has 2 atom stereocenters. The van der Waals surface area contributed by atoms with Crippen molar-refractivity contribution in [3.63, 3.8) is 0 Å². The molecular weight excluding hydrogens is 304 g/mol. The SMILES string of the molecule is O=C(O)[C@@H]1CC(O)CN1S(=O)(=O)c1cccc([N+](=O)[O-])c1. The van der Waals surface area contributed by atoms with Crippen LogP contribution in [0.3, 0.4) is 0 Å². The Morgan fingerprint density at radius 2 is 2.10 bits per heavy atom. The largest absolute Gasteiger partial charge is 0.480 e. The lowest BCUT2D eigenvalue weighted by Gasteiger charge is -2.20. The van der Waals surface area contributed by atoms with E-state index in [-0.39, 0.29) is 17.9 Å². The first-order valence-corrected chi connectivity index (χ1v) is 7.34. The molecule has 1 aliphatic heterocycles. The van der Waals surface area contributed by atoms with Crippen LogP contribution >= 0.6 is 0 Å². The number of carbonyl (C=O) groups is 1. The number of carboxylic acids is 1. The Labute approximate surface area is 119 Å². The Kier molecular flexibility index (Phi) is 3.94. The summed E-state index contributed by atoms with van der Waals surface area (Å²) in [4.78, 5) is 20.7. The fourth-order valence-electron chi connectivity index (χ4n) is 2.17. The van der Waals surface area contributed by atoms with Crippen LogP contribution in [0.25, 0.3) is 0 Å². The van der Waals surface area contributed by atoms with Crippen LogP contribution in [0.1, 0.15) is 6.42 Å². The third-order valence-electron chi connectivity index (χ3n) is 3.15. The number of carboxylic acid groups (broad SMARTS) is 1. The van der Waals surface area contributed by atoms with Crippen molar-refractivity contribution in [2.24, 2.45) is 0 Å². The first-order chi connectivity index (χ1) is 9.73. The number of aliphatic carboxylic acids is 1. The molecule has 1 saturated heterocycles. The monoisotopic (exact) mass is 316 g/mol. The van der Waals surface area contributed by atoms with Gasteiger partial charge >= 0.3 is 5.97 Å². The van der Waals surface area contributed by atoms with Crippen LogP contribution in [0.4, 0.5) is 5.69 Å². The van der Waals surface area contributed by atoms with Crippen molar-refractivity contribution >= 4 is 21.7 Å². The van der Waals surface area contributed by atoms with Crippen molar-refractivity contribution in [3.8, 4) is 0 Å². The number of hydrogen-bond acceptors (Lipinski definition) is 6.